The van der Waals surface area contributed by atoms with E-state index in [0.29, 0.717) is 5.92 Å². The first-order chi connectivity index (χ1) is 7.11. The summed E-state index contributed by atoms with van der Waals surface area (Å²) in [4.78, 5) is 0. The molecule has 2 rings (SSSR count). The van der Waals surface area contributed by atoms with Gasteiger partial charge in [0, 0.05) is 18.5 Å². The van der Waals surface area contributed by atoms with Gasteiger partial charge in [-0.1, -0.05) is 26.2 Å². The molecule has 1 saturated carbocycles. The van der Waals surface area contributed by atoms with Crippen LogP contribution in [0.25, 0.3) is 0 Å². The van der Waals surface area contributed by atoms with E-state index in [9.17, 15) is 0 Å². The summed E-state index contributed by atoms with van der Waals surface area (Å²) in [7, 11) is 1.93. The predicted molar refractivity (Wildman–Crippen MR) is 62.7 cm³/mol. The lowest BCUT2D eigenvalue weighted by Gasteiger charge is -2.27. The highest BCUT2D eigenvalue weighted by Gasteiger charge is 2.27. The highest BCUT2D eigenvalue weighted by atomic mass is 15.3. The fourth-order valence-electron chi connectivity index (χ4n) is 2.74. The van der Waals surface area contributed by atoms with Crippen LogP contribution in [0.3, 0.4) is 0 Å². The van der Waals surface area contributed by atoms with Crippen LogP contribution in [0.4, 0.5) is 5.82 Å². The Morgan fingerprint density at radius 3 is 2.53 bits per heavy atom. The van der Waals surface area contributed by atoms with Crippen molar-refractivity contribution in [2.75, 3.05) is 5.73 Å². The summed E-state index contributed by atoms with van der Waals surface area (Å²) in [5, 5.41) is 4.58. The molecule has 1 fully saturated rings. The fourth-order valence-corrected chi connectivity index (χ4v) is 2.74. The monoisotopic (exact) mass is 207 g/mol. The molecule has 2 N–H and O–H groups in total. The van der Waals surface area contributed by atoms with Crippen molar-refractivity contribution < 1.29 is 0 Å². The van der Waals surface area contributed by atoms with Gasteiger partial charge in [-0.15, -0.1) is 0 Å². The lowest BCUT2D eigenvalue weighted by Crippen LogP contribution is -2.16. The van der Waals surface area contributed by atoms with Crippen molar-refractivity contribution in [1.29, 1.82) is 0 Å². The Kier molecular flexibility index (Phi) is 2.72. The first-order valence-electron chi connectivity index (χ1n) is 5.90. The number of nitrogen functional groups attached to an aromatic ring is 1. The SMILES string of the molecule is Cc1c(C2CCCCC2C)nn(C)c1N. The summed E-state index contributed by atoms with van der Waals surface area (Å²) in [6.45, 7) is 4.44. The van der Waals surface area contributed by atoms with E-state index in [2.05, 4.69) is 18.9 Å². The van der Waals surface area contributed by atoms with Crippen LogP contribution in [-0.2, 0) is 7.05 Å². The van der Waals surface area contributed by atoms with Crippen molar-refractivity contribution in [3.05, 3.63) is 11.3 Å². The molecule has 2 unspecified atom stereocenters. The van der Waals surface area contributed by atoms with Gasteiger partial charge in [0.25, 0.3) is 0 Å². The molecule has 1 heterocycles. The van der Waals surface area contributed by atoms with Crippen molar-refractivity contribution in [1.82, 2.24) is 9.78 Å². The van der Waals surface area contributed by atoms with E-state index in [1.54, 1.807) is 0 Å². The van der Waals surface area contributed by atoms with Crippen molar-refractivity contribution in [2.45, 2.75) is 45.4 Å². The number of anilines is 1. The Labute approximate surface area is 91.7 Å². The van der Waals surface area contributed by atoms with E-state index in [4.69, 9.17) is 5.73 Å². The maximum absolute atomic E-state index is 5.96. The summed E-state index contributed by atoms with van der Waals surface area (Å²) in [6, 6.07) is 0. The first-order valence-corrected chi connectivity index (χ1v) is 5.90. The Bertz CT molecular complexity index is 354. The number of rotatable bonds is 1. The molecule has 0 radical (unpaired) electrons. The minimum atomic E-state index is 0.627. The van der Waals surface area contributed by atoms with E-state index in [1.807, 2.05) is 11.7 Å². The van der Waals surface area contributed by atoms with Crippen LogP contribution < -0.4 is 5.73 Å². The van der Waals surface area contributed by atoms with E-state index >= 15 is 0 Å². The zero-order valence-electron chi connectivity index (χ0n) is 9.95. The van der Waals surface area contributed by atoms with Crippen LogP contribution in [0.5, 0.6) is 0 Å². The van der Waals surface area contributed by atoms with Crippen molar-refractivity contribution in [2.24, 2.45) is 13.0 Å². The van der Waals surface area contributed by atoms with Crippen molar-refractivity contribution in [3.8, 4) is 0 Å². The Hall–Kier alpha value is -0.990. The molecule has 1 aliphatic rings. The minimum Gasteiger partial charge on any atom is -0.384 e. The van der Waals surface area contributed by atoms with E-state index in [-0.39, 0.29) is 0 Å². The molecule has 0 spiro atoms. The molecule has 0 bridgehead atoms. The van der Waals surface area contributed by atoms with Crippen LogP contribution in [0.2, 0.25) is 0 Å². The van der Waals surface area contributed by atoms with Gasteiger partial charge in [-0.2, -0.15) is 5.10 Å². The Balaban J connectivity index is 2.31. The second-order valence-corrected chi connectivity index (χ2v) is 4.89. The summed E-state index contributed by atoms with van der Waals surface area (Å²) in [6.07, 6.45) is 5.32. The highest BCUT2D eigenvalue weighted by molar-refractivity contribution is 5.43. The Morgan fingerprint density at radius 2 is 2.00 bits per heavy atom. The number of nitrogens with zero attached hydrogens (tertiary/aromatic N) is 2. The largest absolute Gasteiger partial charge is 0.384 e. The van der Waals surface area contributed by atoms with Crippen LogP contribution in [-0.4, -0.2) is 9.78 Å². The van der Waals surface area contributed by atoms with Gasteiger partial charge in [0.1, 0.15) is 5.82 Å². The summed E-state index contributed by atoms with van der Waals surface area (Å²) in [5.41, 5.74) is 8.38. The van der Waals surface area contributed by atoms with E-state index in [0.717, 1.165) is 11.7 Å². The molecule has 1 aromatic heterocycles. The lowest BCUT2D eigenvalue weighted by atomic mass is 9.78. The van der Waals surface area contributed by atoms with Gasteiger partial charge in [0.2, 0.25) is 0 Å². The van der Waals surface area contributed by atoms with Crippen LogP contribution in [0, 0.1) is 12.8 Å². The molecule has 3 nitrogen and oxygen atoms in total. The zero-order chi connectivity index (χ0) is 11.0. The molecule has 84 valence electrons. The van der Waals surface area contributed by atoms with Crippen molar-refractivity contribution in [3.63, 3.8) is 0 Å². The molecule has 0 saturated heterocycles. The van der Waals surface area contributed by atoms with Gasteiger partial charge in [0.05, 0.1) is 5.69 Å². The zero-order valence-corrected chi connectivity index (χ0v) is 9.95. The van der Waals surface area contributed by atoms with Gasteiger partial charge in [0.15, 0.2) is 0 Å². The van der Waals surface area contributed by atoms with Gasteiger partial charge >= 0.3 is 0 Å². The average molecular weight is 207 g/mol. The summed E-state index contributed by atoms with van der Waals surface area (Å²) >= 11 is 0. The maximum atomic E-state index is 5.96. The molecule has 15 heavy (non-hydrogen) atoms. The number of aryl methyl sites for hydroxylation is 1. The van der Waals surface area contributed by atoms with Gasteiger partial charge < -0.3 is 5.73 Å². The van der Waals surface area contributed by atoms with E-state index < -0.39 is 0 Å². The second kappa shape index (κ2) is 3.87. The molecule has 0 aromatic carbocycles. The van der Waals surface area contributed by atoms with Crippen LogP contribution in [0.15, 0.2) is 0 Å². The number of hydrogen-bond acceptors (Lipinski definition) is 2. The minimum absolute atomic E-state index is 0.627. The standard InChI is InChI=1S/C12H21N3/c1-8-6-4-5-7-10(8)11-9(2)12(13)15(3)14-11/h8,10H,4-7,13H2,1-3H3. The number of nitrogens with two attached hydrogens (primary N) is 1. The topological polar surface area (TPSA) is 43.8 Å². The average Bonchev–Trinajstić information content (AvgIpc) is 2.47. The molecular weight excluding hydrogens is 186 g/mol. The molecule has 3 heteroatoms. The third-order valence-electron chi connectivity index (χ3n) is 3.84. The quantitative estimate of drug-likeness (QED) is 0.769. The van der Waals surface area contributed by atoms with Gasteiger partial charge in [-0.25, -0.2) is 0 Å². The predicted octanol–water partition coefficient (Wildman–Crippen LogP) is 2.60. The second-order valence-electron chi connectivity index (χ2n) is 4.89. The van der Waals surface area contributed by atoms with Gasteiger partial charge in [-0.3, -0.25) is 4.68 Å². The number of aromatic nitrogens is 2. The molecule has 0 amide bonds. The fraction of sp³-hybridized carbons (Fsp3) is 0.750. The lowest BCUT2D eigenvalue weighted by molar-refractivity contribution is 0.323. The van der Waals surface area contributed by atoms with Gasteiger partial charge in [-0.05, 0) is 19.3 Å². The maximum Gasteiger partial charge on any atom is 0.124 e. The molecule has 1 aromatic rings. The molecule has 1 aliphatic carbocycles. The third-order valence-corrected chi connectivity index (χ3v) is 3.84. The molecule has 0 aliphatic heterocycles. The van der Waals surface area contributed by atoms with Crippen molar-refractivity contribution >= 4 is 5.82 Å². The molecular formula is C12H21N3. The van der Waals surface area contributed by atoms with E-state index in [1.165, 1.54) is 36.9 Å². The Morgan fingerprint density at radius 1 is 1.33 bits per heavy atom. The highest BCUT2D eigenvalue weighted by Crippen LogP contribution is 2.38. The van der Waals surface area contributed by atoms with Crippen LogP contribution in [0.1, 0.15) is 49.8 Å². The van der Waals surface area contributed by atoms with Crippen LogP contribution >= 0.6 is 0 Å². The molecule has 2 atom stereocenters. The normalized spacial score (nSPS) is 26.9. The smallest absolute Gasteiger partial charge is 0.124 e. The summed E-state index contributed by atoms with van der Waals surface area (Å²) < 4.78 is 1.81. The number of hydrogen-bond donors (Lipinski definition) is 1. The first kappa shape index (κ1) is 10.5. The summed E-state index contributed by atoms with van der Waals surface area (Å²) in [5.74, 6) is 2.21. The third kappa shape index (κ3) is 1.75.